The number of carboxylic acid groups (broad SMARTS) is 1. The highest BCUT2D eigenvalue weighted by atomic mass is 16.7. The molecule has 2 aromatic carbocycles. The molecule has 7 N–H and O–H groups in total. The van der Waals surface area contributed by atoms with Crippen molar-refractivity contribution in [3.63, 3.8) is 0 Å². The third-order valence-corrected chi connectivity index (χ3v) is 6.55. The number of rotatable bonds is 5. The van der Waals surface area contributed by atoms with Gasteiger partial charge in [0.1, 0.15) is 23.2 Å². The number of primary amides is 1. The Bertz CT molecular complexity index is 1590. The number of ketones is 1. The van der Waals surface area contributed by atoms with Gasteiger partial charge in [-0.25, -0.2) is 4.79 Å². The average molecular weight is 525 g/mol. The molecule has 5 rings (SSSR count). The van der Waals surface area contributed by atoms with Crippen LogP contribution in [0, 0.1) is 0 Å². The van der Waals surface area contributed by atoms with Crippen LogP contribution in [0.1, 0.15) is 10.6 Å². The Morgan fingerprint density at radius 3 is 2.37 bits per heavy atom. The quantitative estimate of drug-likeness (QED) is 0.246. The Kier molecular flexibility index (Phi) is 5.61. The number of carbonyl (C=O) groups is 3. The van der Waals surface area contributed by atoms with E-state index in [1.165, 1.54) is 36.4 Å². The van der Waals surface area contributed by atoms with Gasteiger partial charge in [-0.1, -0.05) is 12.1 Å². The highest BCUT2D eigenvalue weighted by Crippen LogP contribution is 2.42. The molecule has 0 radical (unpaired) electrons. The van der Waals surface area contributed by atoms with Crippen molar-refractivity contribution >= 4 is 28.6 Å². The summed E-state index contributed by atoms with van der Waals surface area (Å²) in [6.45, 7) is 0. The number of carbonyl (C=O) groups excluding carboxylic acids is 2. The van der Waals surface area contributed by atoms with Gasteiger partial charge >= 0.3 is 5.97 Å². The Labute approximate surface area is 211 Å². The Morgan fingerprint density at radius 2 is 1.74 bits per heavy atom. The van der Waals surface area contributed by atoms with Crippen LogP contribution in [0.2, 0.25) is 0 Å². The van der Waals surface area contributed by atoms with E-state index >= 15 is 0 Å². The van der Waals surface area contributed by atoms with Gasteiger partial charge in [0.2, 0.25) is 23.1 Å². The van der Waals surface area contributed by atoms with Crippen LogP contribution < -0.4 is 15.9 Å². The number of hydrogen-bond acceptors (Lipinski definition) is 11. The second-order valence-electron chi connectivity index (χ2n) is 8.78. The SMILES string of the molecule is NC(=O)c1oc2cc(O[C@@H]3O[C@@]4(C(=O)O)C=CC(=O)[C@@](O)([C@H]3O)[C@@H]4O)ccc2c(=O)c1-c1ccc(O)cc1. The fourth-order valence-electron chi connectivity index (χ4n) is 4.53. The molecule has 1 aliphatic heterocycles. The molecule has 1 aromatic heterocycles. The summed E-state index contributed by atoms with van der Waals surface area (Å²) in [4.78, 5) is 49.6. The monoisotopic (exact) mass is 525 g/mol. The van der Waals surface area contributed by atoms with Crippen molar-refractivity contribution in [2.45, 2.75) is 29.7 Å². The maximum atomic E-state index is 13.2. The molecule has 196 valence electrons. The summed E-state index contributed by atoms with van der Waals surface area (Å²) < 4.78 is 16.4. The van der Waals surface area contributed by atoms with E-state index in [1.54, 1.807) is 0 Å². The number of aliphatic carboxylic acids is 1. The number of fused-ring (bicyclic) bond motifs is 3. The normalized spacial score (nSPS) is 28.3. The van der Waals surface area contributed by atoms with Crippen LogP contribution in [0.25, 0.3) is 22.1 Å². The topological polar surface area (TPSA) is 227 Å². The molecule has 3 aromatic rings. The summed E-state index contributed by atoms with van der Waals surface area (Å²) in [5, 5.41) is 51.0. The van der Waals surface area contributed by atoms with E-state index in [4.69, 9.17) is 19.6 Å². The minimum absolute atomic E-state index is 0.0124. The molecular weight excluding hydrogens is 506 g/mol. The van der Waals surface area contributed by atoms with E-state index in [0.29, 0.717) is 6.08 Å². The van der Waals surface area contributed by atoms with Crippen molar-refractivity contribution in [2.24, 2.45) is 5.73 Å². The molecule has 1 fully saturated rings. The highest BCUT2D eigenvalue weighted by Gasteiger charge is 2.69. The summed E-state index contributed by atoms with van der Waals surface area (Å²) in [5.74, 6) is -4.74. The lowest BCUT2D eigenvalue weighted by molar-refractivity contribution is -0.318. The number of hydrogen-bond donors (Lipinski definition) is 6. The molecule has 0 spiro atoms. The van der Waals surface area contributed by atoms with Crippen molar-refractivity contribution in [3.8, 4) is 22.6 Å². The van der Waals surface area contributed by atoms with Gasteiger partial charge < -0.3 is 45.2 Å². The van der Waals surface area contributed by atoms with Crippen LogP contribution in [0.3, 0.4) is 0 Å². The zero-order valence-electron chi connectivity index (χ0n) is 19.1. The maximum absolute atomic E-state index is 13.2. The average Bonchev–Trinajstić information content (AvgIpc) is 2.87. The van der Waals surface area contributed by atoms with Crippen molar-refractivity contribution in [1.82, 2.24) is 0 Å². The molecule has 2 bridgehead atoms. The van der Waals surface area contributed by atoms with Gasteiger partial charge in [-0.05, 0) is 42.0 Å². The Hall–Kier alpha value is -4.56. The second kappa shape index (κ2) is 8.49. The van der Waals surface area contributed by atoms with Gasteiger partial charge in [-0.2, -0.15) is 0 Å². The molecule has 0 saturated carbocycles. The lowest BCUT2D eigenvalue weighted by atomic mass is 9.70. The van der Waals surface area contributed by atoms with Gasteiger partial charge in [0.15, 0.2) is 17.5 Å². The molecule has 1 aliphatic carbocycles. The van der Waals surface area contributed by atoms with Crippen LogP contribution in [-0.4, -0.2) is 72.9 Å². The number of phenolic OH excluding ortho intramolecular Hbond substituents is 1. The first-order valence-electron chi connectivity index (χ1n) is 11.0. The molecule has 5 atom stereocenters. The number of nitrogens with two attached hydrogens (primary N) is 1. The summed E-state index contributed by atoms with van der Waals surface area (Å²) in [6.07, 6.45) is -5.15. The number of phenols is 1. The minimum Gasteiger partial charge on any atom is -0.508 e. The van der Waals surface area contributed by atoms with E-state index in [-0.39, 0.29) is 33.6 Å². The van der Waals surface area contributed by atoms with Gasteiger partial charge in [-0.3, -0.25) is 14.4 Å². The van der Waals surface area contributed by atoms with Gasteiger partial charge in [0.05, 0.1) is 10.9 Å². The smallest absolute Gasteiger partial charge is 0.343 e. The lowest BCUT2D eigenvalue weighted by Crippen LogP contribution is -2.77. The first-order valence-corrected chi connectivity index (χ1v) is 11.0. The van der Waals surface area contributed by atoms with Crippen LogP contribution in [0.15, 0.2) is 63.8 Å². The maximum Gasteiger partial charge on any atom is 0.343 e. The third-order valence-electron chi connectivity index (χ3n) is 6.55. The van der Waals surface area contributed by atoms with E-state index in [1.807, 2.05) is 0 Å². The number of amides is 1. The number of benzene rings is 2. The fraction of sp³-hybridized carbons (Fsp3) is 0.200. The molecule has 13 heteroatoms. The minimum atomic E-state index is -2.96. The molecular formula is C25H19NO12. The number of carboxylic acids is 1. The molecule has 0 unspecified atom stereocenters. The predicted octanol–water partition coefficient (Wildman–Crippen LogP) is -0.585. The number of aliphatic hydroxyl groups is 3. The Balaban J connectivity index is 1.57. The fourth-order valence-corrected chi connectivity index (χ4v) is 4.53. The van der Waals surface area contributed by atoms with Crippen molar-refractivity contribution in [2.75, 3.05) is 0 Å². The van der Waals surface area contributed by atoms with Crippen LogP contribution in [-0.2, 0) is 14.3 Å². The van der Waals surface area contributed by atoms with Crippen molar-refractivity contribution < 1.29 is 53.8 Å². The van der Waals surface area contributed by atoms with Gasteiger partial charge in [0, 0.05) is 6.07 Å². The van der Waals surface area contributed by atoms with Crippen LogP contribution >= 0.6 is 0 Å². The van der Waals surface area contributed by atoms with Crippen molar-refractivity contribution in [3.05, 3.63) is 70.6 Å². The number of ether oxygens (including phenoxy) is 2. The summed E-state index contributed by atoms with van der Waals surface area (Å²) >= 11 is 0. The zero-order chi connectivity index (χ0) is 27.6. The third kappa shape index (κ3) is 3.48. The summed E-state index contributed by atoms with van der Waals surface area (Å²) in [6, 6.07) is 9.00. The van der Waals surface area contributed by atoms with E-state index in [9.17, 15) is 44.7 Å². The number of aromatic hydroxyl groups is 1. The molecule has 2 aliphatic rings. The zero-order valence-corrected chi connectivity index (χ0v) is 19.1. The molecule has 13 nitrogen and oxygen atoms in total. The largest absolute Gasteiger partial charge is 0.508 e. The standard InChI is InChI=1S/C25H19NO12/c26-20(31)18-16(10-1-3-11(27)4-2-10)17(29)13-6-5-12(9-14(13)37-18)36-21-19(30)25(35)15(28)7-8-24(38-21,22(25)32)23(33)34/h1-9,19,21-22,27,30,32,35H,(H2,26,31)(H,33,34)/t19-,21+,22+,24-,25+/m0/s1. The summed E-state index contributed by atoms with van der Waals surface area (Å²) in [7, 11) is 0. The highest BCUT2D eigenvalue weighted by molar-refractivity contribution is 6.03. The van der Waals surface area contributed by atoms with Crippen LogP contribution in [0.5, 0.6) is 11.5 Å². The lowest BCUT2D eigenvalue weighted by Gasteiger charge is -2.51. The first-order chi connectivity index (χ1) is 17.9. The number of aliphatic hydroxyl groups excluding tert-OH is 2. The second-order valence-corrected chi connectivity index (χ2v) is 8.78. The molecule has 38 heavy (non-hydrogen) atoms. The van der Waals surface area contributed by atoms with E-state index < -0.39 is 58.5 Å². The van der Waals surface area contributed by atoms with Crippen molar-refractivity contribution in [1.29, 1.82) is 0 Å². The van der Waals surface area contributed by atoms with Gasteiger partial charge in [-0.15, -0.1) is 0 Å². The Morgan fingerprint density at radius 1 is 1.05 bits per heavy atom. The van der Waals surface area contributed by atoms with E-state index in [0.717, 1.165) is 12.1 Å². The predicted molar refractivity (Wildman–Crippen MR) is 125 cm³/mol. The first kappa shape index (κ1) is 25.1. The molecule has 1 saturated heterocycles. The van der Waals surface area contributed by atoms with Crippen LogP contribution in [0.4, 0.5) is 0 Å². The van der Waals surface area contributed by atoms with E-state index in [2.05, 4.69) is 0 Å². The molecule has 2 heterocycles. The van der Waals surface area contributed by atoms with Gasteiger partial charge in [0.25, 0.3) is 5.91 Å². The summed E-state index contributed by atoms with van der Waals surface area (Å²) in [5.41, 5.74) is -0.868. The molecule has 1 amide bonds.